The van der Waals surface area contributed by atoms with Gasteiger partial charge in [0.2, 0.25) is 0 Å². The maximum absolute atomic E-state index is 13.2. The Labute approximate surface area is 142 Å². The van der Waals surface area contributed by atoms with Gasteiger partial charge in [-0.05, 0) is 36.4 Å². The molecule has 126 valence electrons. The molecule has 2 aromatic rings. The van der Waals surface area contributed by atoms with Crippen LogP contribution >= 0.6 is 11.6 Å². The summed E-state index contributed by atoms with van der Waals surface area (Å²) >= 11 is 5.65. The van der Waals surface area contributed by atoms with Gasteiger partial charge < -0.3 is 9.64 Å². The van der Waals surface area contributed by atoms with Gasteiger partial charge >= 0.3 is 5.97 Å². The van der Waals surface area contributed by atoms with Crippen LogP contribution < -0.4 is 14.4 Å². The highest BCUT2D eigenvalue weighted by Gasteiger charge is 2.24. The first-order chi connectivity index (χ1) is 11.3. The number of anilines is 2. The number of nitrogens with one attached hydrogen (secondary N) is 1. The number of esters is 1. The maximum atomic E-state index is 13.2. The van der Waals surface area contributed by atoms with Crippen molar-refractivity contribution in [2.24, 2.45) is 0 Å². The topological polar surface area (TPSA) is 75.7 Å². The van der Waals surface area contributed by atoms with Gasteiger partial charge in [0, 0.05) is 7.05 Å². The molecule has 3 rings (SSSR count). The molecule has 0 spiro atoms. The molecular weight excluding hydrogens is 359 g/mol. The van der Waals surface area contributed by atoms with E-state index >= 15 is 0 Å². The Morgan fingerprint density at radius 1 is 1.25 bits per heavy atom. The molecule has 0 aliphatic carbocycles. The fourth-order valence-electron chi connectivity index (χ4n) is 2.26. The number of carbonyl (C=O) groups excluding carboxylic acids is 1. The van der Waals surface area contributed by atoms with E-state index in [4.69, 9.17) is 16.3 Å². The molecule has 1 heterocycles. The largest absolute Gasteiger partial charge is 0.423 e. The predicted octanol–water partition coefficient (Wildman–Crippen LogP) is 2.64. The summed E-state index contributed by atoms with van der Waals surface area (Å²) in [6.07, 6.45) is 0. The molecule has 1 aliphatic rings. The average Bonchev–Trinajstić information content (AvgIpc) is 2.50. The number of sulfonamides is 1. The molecule has 24 heavy (non-hydrogen) atoms. The summed E-state index contributed by atoms with van der Waals surface area (Å²) in [5.74, 6) is -0.769. The first-order valence-corrected chi connectivity index (χ1v) is 8.66. The summed E-state index contributed by atoms with van der Waals surface area (Å²) in [6, 6.07) is 7.65. The summed E-state index contributed by atoms with van der Waals surface area (Å²) in [4.78, 5) is 13.0. The zero-order chi connectivity index (χ0) is 17.5. The highest BCUT2D eigenvalue weighted by molar-refractivity contribution is 7.92. The van der Waals surface area contributed by atoms with Crippen molar-refractivity contribution in [3.05, 3.63) is 47.2 Å². The number of rotatable bonds is 3. The van der Waals surface area contributed by atoms with Crippen LogP contribution in [-0.4, -0.2) is 28.0 Å². The van der Waals surface area contributed by atoms with Crippen molar-refractivity contribution in [2.45, 2.75) is 4.90 Å². The first-order valence-electron chi connectivity index (χ1n) is 6.80. The molecular formula is C15H12ClFN2O4S. The second-order valence-electron chi connectivity index (χ2n) is 5.19. The van der Waals surface area contributed by atoms with Gasteiger partial charge in [0.25, 0.3) is 10.0 Å². The molecule has 0 aromatic heterocycles. The zero-order valence-electron chi connectivity index (χ0n) is 12.4. The summed E-state index contributed by atoms with van der Waals surface area (Å²) in [6.45, 7) is 0.0253. The van der Waals surface area contributed by atoms with E-state index in [1.54, 1.807) is 11.9 Å². The molecule has 0 saturated heterocycles. The molecule has 0 bridgehead atoms. The maximum Gasteiger partial charge on any atom is 0.330 e. The first kappa shape index (κ1) is 16.5. The number of hydrogen-bond donors (Lipinski definition) is 1. The smallest absolute Gasteiger partial charge is 0.330 e. The Morgan fingerprint density at radius 3 is 2.71 bits per heavy atom. The van der Waals surface area contributed by atoms with Crippen LogP contribution in [0.4, 0.5) is 15.8 Å². The van der Waals surface area contributed by atoms with Gasteiger partial charge in [0.15, 0.2) is 5.75 Å². The number of nitrogens with zero attached hydrogens (tertiary/aromatic N) is 1. The molecule has 2 aromatic carbocycles. The molecule has 0 radical (unpaired) electrons. The molecule has 0 amide bonds. The number of benzene rings is 2. The molecule has 1 aliphatic heterocycles. The van der Waals surface area contributed by atoms with Crippen molar-refractivity contribution in [1.82, 2.24) is 0 Å². The van der Waals surface area contributed by atoms with Gasteiger partial charge in [-0.15, -0.1) is 0 Å². The van der Waals surface area contributed by atoms with Crippen LogP contribution in [0.3, 0.4) is 0 Å². The third-order valence-electron chi connectivity index (χ3n) is 3.41. The Bertz CT molecular complexity index is 933. The Morgan fingerprint density at radius 2 is 2.00 bits per heavy atom. The van der Waals surface area contributed by atoms with Gasteiger partial charge in [-0.3, -0.25) is 4.72 Å². The highest BCUT2D eigenvalue weighted by Crippen LogP contribution is 2.33. The molecule has 1 N–H and O–H groups in total. The minimum absolute atomic E-state index is 0.0218. The number of halogens is 2. The van der Waals surface area contributed by atoms with Gasteiger partial charge in [-0.25, -0.2) is 17.6 Å². The fourth-order valence-corrected chi connectivity index (χ4v) is 3.51. The van der Waals surface area contributed by atoms with Crippen molar-refractivity contribution >= 4 is 39.0 Å². The van der Waals surface area contributed by atoms with Crippen molar-refractivity contribution in [2.75, 3.05) is 23.2 Å². The molecule has 0 atom stereocenters. The summed E-state index contributed by atoms with van der Waals surface area (Å²) < 4.78 is 45.5. The molecule has 6 nitrogen and oxygen atoms in total. The lowest BCUT2D eigenvalue weighted by Crippen LogP contribution is -2.33. The Balaban J connectivity index is 1.94. The van der Waals surface area contributed by atoms with E-state index in [0.717, 1.165) is 6.07 Å². The van der Waals surface area contributed by atoms with Crippen LogP contribution in [0.5, 0.6) is 5.75 Å². The third-order valence-corrected chi connectivity index (χ3v) is 5.08. The summed E-state index contributed by atoms with van der Waals surface area (Å²) in [5, 5.41) is -0.188. The number of hydrogen-bond acceptors (Lipinski definition) is 5. The van der Waals surface area contributed by atoms with E-state index in [2.05, 4.69) is 4.72 Å². The molecule has 0 saturated carbocycles. The van der Waals surface area contributed by atoms with Crippen LogP contribution in [0, 0.1) is 5.82 Å². The predicted molar refractivity (Wildman–Crippen MR) is 87.6 cm³/mol. The van der Waals surface area contributed by atoms with Gasteiger partial charge in [-0.2, -0.15) is 0 Å². The number of ether oxygens (including phenoxy) is 1. The standard InChI is InChI=1S/C15H12ClFN2O4S/c1-19-8-15(20)23-14-5-3-10(7-13(14)19)24(21,22)18-9-2-4-12(17)11(16)6-9/h2-7,18H,8H2,1H3. The molecule has 9 heteroatoms. The Hall–Kier alpha value is -2.32. The summed E-state index contributed by atoms with van der Waals surface area (Å²) in [5.41, 5.74) is 0.619. The second-order valence-corrected chi connectivity index (χ2v) is 7.28. The fraction of sp³-hybridized carbons (Fsp3) is 0.133. The van der Waals surface area contributed by atoms with Gasteiger partial charge in [-0.1, -0.05) is 11.6 Å². The minimum atomic E-state index is -3.91. The monoisotopic (exact) mass is 370 g/mol. The van der Waals surface area contributed by atoms with Gasteiger partial charge in [0.05, 0.1) is 21.3 Å². The highest BCUT2D eigenvalue weighted by atomic mass is 35.5. The van der Waals surface area contributed by atoms with E-state index in [1.807, 2.05) is 0 Å². The van der Waals surface area contributed by atoms with E-state index in [0.29, 0.717) is 5.69 Å². The average molecular weight is 371 g/mol. The number of fused-ring (bicyclic) bond motifs is 1. The Kier molecular flexibility index (Phi) is 4.10. The van der Waals surface area contributed by atoms with E-state index in [-0.39, 0.29) is 27.9 Å². The van der Waals surface area contributed by atoms with E-state index < -0.39 is 21.8 Å². The van der Waals surface area contributed by atoms with Crippen molar-refractivity contribution in [1.29, 1.82) is 0 Å². The van der Waals surface area contributed by atoms with Crippen molar-refractivity contribution in [3.63, 3.8) is 0 Å². The van der Waals surface area contributed by atoms with Crippen LogP contribution in [-0.2, 0) is 14.8 Å². The van der Waals surface area contributed by atoms with Crippen molar-refractivity contribution in [3.8, 4) is 5.75 Å². The molecule has 0 fully saturated rings. The van der Waals surface area contributed by atoms with Crippen LogP contribution in [0.15, 0.2) is 41.3 Å². The van der Waals surface area contributed by atoms with Crippen molar-refractivity contribution < 1.29 is 22.3 Å². The summed E-state index contributed by atoms with van der Waals surface area (Å²) in [7, 11) is -2.26. The quantitative estimate of drug-likeness (QED) is 0.664. The van der Waals surface area contributed by atoms with Crippen LogP contribution in [0.2, 0.25) is 5.02 Å². The normalized spacial score (nSPS) is 14.1. The lowest BCUT2D eigenvalue weighted by molar-refractivity contribution is -0.133. The SMILES string of the molecule is CN1CC(=O)Oc2ccc(S(=O)(=O)Nc3ccc(F)c(Cl)c3)cc21. The lowest BCUT2D eigenvalue weighted by atomic mass is 10.2. The lowest BCUT2D eigenvalue weighted by Gasteiger charge is -2.26. The zero-order valence-corrected chi connectivity index (χ0v) is 14.0. The minimum Gasteiger partial charge on any atom is -0.423 e. The number of carbonyl (C=O) groups is 1. The second kappa shape index (κ2) is 5.95. The van der Waals surface area contributed by atoms with Crippen LogP contribution in [0.1, 0.15) is 0 Å². The third kappa shape index (κ3) is 3.15. The number of likely N-dealkylation sites (N-methyl/N-ethyl adjacent to an activating group) is 1. The van der Waals surface area contributed by atoms with E-state index in [9.17, 15) is 17.6 Å². The van der Waals surface area contributed by atoms with E-state index in [1.165, 1.54) is 30.3 Å². The van der Waals surface area contributed by atoms with Gasteiger partial charge in [0.1, 0.15) is 12.4 Å². The van der Waals surface area contributed by atoms with Crippen LogP contribution in [0.25, 0.3) is 0 Å². The molecule has 0 unspecified atom stereocenters.